The maximum Gasteiger partial charge on any atom is 0.160 e. The number of rotatable bonds is 3. The number of thiophene rings is 1. The molecule has 0 saturated carbocycles. The number of hydrogen-bond donors (Lipinski definition) is 0. The standard InChI is InChI=1S/C46H27NOS/c1-2-16-32(17-3-1)47(37-26-30-14-6-10-20-35(30)43-41-33-18-8-4-12-28(33)22-24-39(41)48-45(37)43)38-27-31-15-7-11-21-36(31)44-42-34-19-9-5-13-29(34)23-25-40(42)49-46(38)44/h1-27H. The van der Waals surface area contributed by atoms with E-state index in [9.17, 15) is 0 Å². The zero-order valence-electron chi connectivity index (χ0n) is 26.4. The van der Waals surface area contributed by atoms with Crippen molar-refractivity contribution < 1.29 is 4.42 Å². The fourth-order valence-corrected chi connectivity index (χ4v) is 9.30. The molecule has 0 unspecified atom stereocenters. The molecular weight excluding hydrogens is 615 g/mol. The second-order valence-corrected chi connectivity index (χ2v) is 13.9. The van der Waals surface area contributed by atoms with Crippen molar-refractivity contribution in [3.63, 3.8) is 0 Å². The van der Waals surface area contributed by atoms with E-state index in [0.29, 0.717) is 0 Å². The first-order chi connectivity index (χ1) is 24.3. The van der Waals surface area contributed by atoms with E-state index >= 15 is 0 Å². The van der Waals surface area contributed by atoms with Gasteiger partial charge in [-0.25, -0.2) is 0 Å². The third-order valence-corrected chi connectivity index (χ3v) is 11.3. The SMILES string of the molecule is c1ccc(N(c2cc3ccccc3c3c2oc2ccc4ccccc4c23)c2cc3ccccc3c3c2sc2ccc4ccccc4c23)cc1. The fraction of sp³-hybridized carbons (Fsp3) is 0. The summed E-state index contributed by atoms with van der Waals surface area (Å²) in [6.45, 7) is 0. The maximum atomic E-state index is 7.00. The first-order valence-corrected chi connectivity index (χ1v) is 17.5. The molecule has 0 atom stereocenters. The van der Waals surface area contributed by atoms with Crippen molar-refractivity contribution in [2.24, 2.45) is 0 Å². The molecule has 2 nitrogen and oxygen atoms in total. The second-order valence-electron chi connectivity index (χ2n) is 12.8. The van der Waals surface area contributed by atoms with Crippen molar-refractivity contribution >= 4 is 114 Å². The monoisotopic (exact) mass is 641 g/mol. The summed E-state index contributed by atoms with van der Waals surface area (Å²) in [6.07, 6.45) is 0. The molecule has 228 valence electrons. The molecule has 11 rings (SSSR count). The molecule has 9 aromatic carbocycles. The Balaban J connectivity index is 1.34. The minimum Gasteiger partial charge on any atom is -0.454 e. The minimum atomic E-state index is 0.891. The Hall–Kier alpha value is -6.16. The summed E-state index contributed by atoms with van der Waals surface area (Å²) in [5, 5.41) is 14.8. The van der Waals surface area contributed by atoms with Gasteiger partial charge < -0.3 is 9.32 Å². The number of benzene rings is 9. The molecule has 2 heterocycles. The average Bonchev–Trinajstić information content (AvgIpc) is 3.76. The van der Waals surface area contributed by atoms with Gasteiger partial charge in [0.1, 0.15) is 5.58 Å². The molecule has 0 amide bonds. The Labute approximate surface area is 285 Å². The smallest absolute Gasteiger partial charge is 0.160 e. The number of nitrogens with zero attached hydrogens (tertiary/aromatic N) is 1. The van der Waals surface area contributed by atoms with E-state index in [1.54, 1.807) is 0 Å². The van der Waals surface area contributed by atoms with Gasteiger partial charge in [0, 0.05) is 31.9 Å². The largest absolute Gasteiger partial charge is 0.454 e. The van der Waals surface area contributed by atoms with Gasteiger partial charge in [0.25, 0.3) is 0 Å². The number of para-hydroxylation sites is 1. The number of fused-ring (bicyclic) bond motifs is 14. The van der Waals surface area contributed by atoms with Gasteiger partial charge in [-0.15, -0.1) is 11.3 Å². The highest BCUT2D eigenvalue weighted by molar-refractivity contribution is 7.26. The predicted molar refractivity (Wildman–Crippen MR) is 211 cm³/mol. The zero-order valence-corrected chi connectivity index (χ0v) is 27.2. The number of furan rings is 1. The van der Waals surface area contributed by atoms with E-state index in [2.05, 4.69) is 169 Å². The Bertz CT molecular complexity index is 2920. The van der Waals surface area contributed by atoms with Crippen LogP contribution in [0.3, 0.4) is 0 Å². The molecule has 0 radical (unpaired) electrons. The van der Waals surface area contributed by atoms with E-state index in [1.165, 1.54) is 63.3 Å². The molecule has 0 bridgehead atoms. The van der Waals surface area contributed by atoms with Crippen LogP contribution in [0.15, 0.2) is 168 Å². The van der Waals surface area contributed by atoms with Crippen molar-refractivity contribution in [3.05, 3.63) is 164 Å². The second kappa shape index (κ2) is 10.2. The predicted octanol–water partition coefficient (Wildman–Crippen LogP) is 14.0. The van der Waals surface area contributed by atoms with Gasteiger partial charge in [-0.3, -0.25) is 0 Å². The highest BCUT2D eigenvalue weighted by Gasteiger charge is 2.26. The molecular formula is C46H27NOS. The van der Waals surface area contributed by atoms with Gasteiger partial charge in [-0.1, -0.05) is 127 Å². The fourth-order valence-electron chi connectivity index (χ4n) is 8.06. The van der Waals surface area contributed by atoms with Gasteiger partial charge in [0.05, 0.1) is 16.1 Å². The summed E-state index contributed by atoms with van der Waals surface area (Å²) in [5.74, 6) is 0. The molecule has 2 aromatic heterocycles. The van der Waals surface area contributed by atoms with Crippen LogP contribution >= 0.6 is 11.3 Å². The van der Waals surface area contributed by atoms with Crippen LogP contribution in [-0.2, 0) is 0 Å². The molecule has 3 heteroatoms. The van der Waals surface area contributed by atoms with Gasteiger partial charge in [-0.05, 0) is 79.5 Å². The van der Waals surface area contributed by atoms with Gasteiger partial charge in [0.2, 0.25) is 0 Å². The van der Waals surface area contributed by atoms with Crippen LogP contribution < -0.4 is 4.90 Å². The molecule has 0 aliphatic rings. The van der Waals surface area contributed by atoms with E-state index in [-0.39, 0.29) is 0 Å². The summed E-state index contributed by atoms with van der Waals surface area (Å²) < 4.78 is 9.55. The molecule has 0 fully saturated rings. The van der Waals surface area contributed by atoms with Gasteiger partial charge in [-0.2, -0.15) is 0 Å². The van der Waals surface area contributed by atoms with Crippen molar-refractivity contribution in [1.82, 2.24) is 0 Å². The summed E-state index contributed by atoms with van der Waals surface area (Å²) in [5.41, 5.74) is 5.05. The van der Waals surface area contributed by atoms with E-state index < -0.39 is 0 Å². The van der Waals surface area contributed by atoms with E-state index in [1.807, 2.05) is 11.3 Å². The third kappa shape index (κ3) is 3.82. The summed E-state index contributed by atoms with van der Waals surface area (Å²) in [4.78, 5) is 2.44. The average molecular weight is 642 g/mol. The topological polar surface area (TPSA) is 16.4 Å². The van der Waals surface area contributed by atoms with Gasteiger partial charge >= 0.3 is 0 Å². The van der Waals surface area contributed by atoms with Crippen molar-refractivity contribution in [3.8, 4) is 0 Å². The summed E-state index contributed by atoms with van der Waals surface area (Å²) in [7, 11) is 0. The van der Waals surface area contributed by atoms with Crippen LogP contribution in [0.4, 0.5) is 17.1 Å². The van der Waals surface area contributed by atoms with Crippen molar-refractivity contribution in [2.75, 3.05) is 4.90 Å². The molecule has 11 aromatic rings. The molecule has 0 aliphatic heterocycles. The Morgan fingerprint density at radius 2 is 0.939 bits per heavy atom. The van der Waals surface area contributed by atoms with Gasteiger partial charge in [0.15, 0.2) is 5.58 Å². The van der Waals surface area contributed by atoms with Crippen LogP contribution in [0.25, 0.3) is 85.2 Å². The van der Waals surface area contributed by atoms with Crippen LogP contribution in [0.5, 0.6) is 0 Å². The molecule has 0 aliphatic carbocycles. The highest BCUT2D eigenvalue weighted by atomic mass is 32.1. The Morgan fingerprint density at radius 3 is 1.63 bits per heavy atom. The lowest BCUT2D eigenvalue weighted by molar-refractivity contribution is 0.669. The molecule has 0 spiro atoms. The minimum absolute atomic E-state index is 0.891. The normalized spacial score (nSPS) is 12.1. The number of hydrogen-bond acceptors (Lipinski definition) is 3. The lowest BCUT2D eigenvalue weighted by atomic mass is 9.97. The van der Waals surface area contributed by atoms with Crippen LogP contribution in [0, 0.1) is 0 Å². The van der Waals surface area contributed by atoms with Crippen molar-refractivity contribution in [1.29, 1.82) is 0 Å². The zero-order chi connectivity index (χ0) is 32.1. The maximum absolute atomic E-state index is 7.00. The third-order valence-electron chi connectivity index (χ3n) is 10.2. The number of anilines is 3. The van der Waals surface area contributed by atoms with E-state index in [0.717, 1.165) is 39.0 Å². The lowest BCUT2D eigenvalue weighted by Crippen LogP contribution is -2.10. The van der Waals surface area contributed by atoms with Crippen LogP contribution in [0.2, 0.25) is 0 Å². The molecule has 49 heavy (non-hydrogen) atoms. The highest BCUT2D eigenvalue weighted by Crippen LogP contribution is 2.52. The van der Waals surface area contributed by atoms with Crippen LogP contribution in [0.1, 0.15) is 0 Å². The summed E-state index contributed by atoms with van der Waals surface area (Å²) in [6, 6.07) is 59.3. The molecule has 0 saturated heterocycles. The van der Waals surface area contributed by atoms with Crippen LogP contribution in [-0.4, -0.2) is 0 Å². The lowest BCUT2D eigenvalue weighted by Gasteiger charge is -2.27. The quantitative estimate of drug-likeness (QED) is 0.191. The van der Waals surface area contributed by atoms with E-state index in [4.69, 9.17) is 4.42 Å². The Morgan fingerprint density at radius 1 is 0.408 bits per heavy atom. The summed E-state index contributed by atoms with van der Waals surface area (Å²) >= 11 is 1.88. The first-order valence-electron chi connectivity index (χ1n) is 16.7. The Kier molecular flexibility index (Phi) is 5.57. The van der Waals surface area contributed by atoms with Crippen molar-refractivity contribution in [2.45, 2.75) is 0 Å². The first kappa shape index (κ1) is 26.9. The molecule has 0 N–H and O–H groups in total.